The fraction of sp³-hybridized carbons (Fsp3) is 0.273. The van der Waals surface area contributed by atoms with Crippen LogP contribution in [0.1, 0.15) is 48.1 Å². The second-order valence-electron chi connectivity index (χ2n) is 11.4. The van der Waals surface area contributed by atoms with E-state index in [2.05, 4.69) is 15.6 Å². The van der Waals surface area contributed by atoms with Gasteiger partial charge >= 0.3 is 11.9 Å². The molecule has 3 aromatic carbocycles. The molecule has 0 bridgehead atoms. The van der Waals surface area contributed by atoms with Crippen LogP contribution >= 0.6 is 0 Å². The number of hydrogen-bond acceptors (Lipinski definition) is 7. The number of hydrogen-bond donors (Lipinski definition) is 0. The van der Waals surface area contributed by atoms with Crippen molar-refractivity contribution in [2.24, 2.45) is 5.41 Å². The zero-order valence-corrected chi connectivity index (χ0v) is 25.4. The smallest absolute Gasteiger partial charge is 0.343 e. The first-order chi connectivity index (χ1) is 21.5. The highest BCUT2D eigenvalue weighted by Crippen LogP contribution is 2.30. The molecule has 0 spiro atoms. The Bertz CT molecular complexity index is 1930. The molecule has 0 unspecified atom stereocenters. The fourth-order valence-corrected chi connectivity index (χ4v) is 4.38. The van der Waals surface area contributed by atoms with E-state index in [1.54, 1.807) is 44.7 Å². The second kappa shape index (κ2) is 13.0. The first-order valence-corrected chi connectivity index (χ1v) is 13.7. The molecule has 0 amide bonds. The maximum atomic E-state index is 14.0. The highest BCUT2D eigenvalue weighted by Gasteiger charge is 2.29. The molecular weight excluding hydrogens is 613 g/mol. The van der Waals surface area contributed by atoms with E-state index >= 15 is 0 Å². The molecule has 0 saturated heterocycles. The number of terminal acetylenes is 1. The van der Waals surface area contributed by atoms with Gasteiger partial charge in [0.1, 0.15) is 5.82 Å². The standard InChI is InChI=1S/C33H28F5N3O5/c1-7-12-40(21-10-8-19(9-11-21)31(43)46-29-27(37)25(35)24(34)26(36)28(29)38)15-20-14-22-23(13-17(20)2)39-18(3)41(30(22)42)16-45-32(44)33(4,5)6/h1,8-11,13-14H,12,15-16H2,2-6H3. The van der Waals surface area contributed by atoms with Crippen molar-refractivity contribution in [3.05, 3.63) is 98.4 Å². The molecule has 4 aromatic rings. The topological polar surface area (TPSA) is 90.7 Å². The summed E-state index contributed by atoms with van der Waals surface area (Å²) >= 11 is 0. The van der Waals surface area contributed by atoms with E-state index in [1.807, 2.05) is 6.92 Å². The van der Waals surface area contributed by atoms with E-state index in [0.717, 1.165) is 5.56 Å². The molecule has 0 fully saturated rings. The van der Waals surface area contributed by atoms with Gasteiger partial charge in [-0.25, -0.2) is 22.9 Å². The first kappa shape index (κ1) is 33.6. The van der Waals surface area contributed by atoms with Crippen molar-refractivity contribution in [1.82, 2.24) is 9.55 Å². The van der Waals surface area contributed by atoms with Crippen LogP contribution in [0.3, 0.4) is 0 Å². The second-order valence-corrected chi connectivity index (χ2v) is 11.4. The van der Waals surface area contributed by atoms with Crippen LogP contribution in [0, 0.1) is 60.7 Å². The van der Waals surface area contributed by atoms with Crippen molar-refractivity contribution in [2.45, 2.75) is 47.9 Å². The van der Waals surface area contributed by atoms with Crippen LogP contribution in [0.4, 0.5) is 27.6 Å². The zero-order chi connectivity index (χ0) is 34.1. The highest BCUT2D eigenvalue weighted by atomic mass is 19.2. The summed E-state index contributed by atoms with van der Waals surface area (Å²) in [5.74, 6) is -12.1. The summed E-state index contributed by atoms with van der Waals surface area (Å²) in [7, 11) is 0. The van der Waals surface area contributed by atoms with Crippen molar-refractivity contribution < 1.29 is 41.0 Å². The lowest BCUT2D eigenvalue weighted by atomic mass is 9.98. The maximum Gasteiger partial charge on any atom is 0.343 e. The summed E-state index contributed by atoms with van der Waals surface area (Å²) in [4.78, 5) is 44.4. The number of ether oxygens (including phenoxy) is 2. The minimum absolute atomic E-state index is 0.0883. The van der Waals surface area contributed by atoms with Gasteiger partial charge < -0.3 is 14.4 Å². The summed E-state index contributed by atoms with van der Waals surface area (Å²) in [5, 5.41) is 0.282. The predicted molar refractivity (Wildman–Crippen MR) is 159 cm³/mol. The van der Waals surface area contributed by atoms with Crippen molar-refractivity contribution in [3.8, 4) is 18.1 Å². The van der Waals surface area contributed by atoms with Crippen molar-refractivity contribution in [1.29, 1.82) is 0 Å². The van der Waals surface area contributed by atoms with Gasteiger partial charge in [0.15, 0.2) is 6.73 Å². The summed E-state index contributed by atoms with van der Waals surface area (Å²) in [6.07, 6.45) is 5.60. The van der Waals surface area contributed by atoms with E-state index < -0.39 is 57.7 Å². The number of fused-ring (bicyclic) bond motifs is 1. The quantitative estimate of drug-likeness (QED) is 0.0573. The normalized spacial score (nSPS) is 11.3. The molecule has 0 atom stereocenters. The van der Waals surface area contributed by atoms with E-state index in [1.165, 1.54) is 28.8 Å². The summed E-state index contributed by atoms with van der Waals surface area (Å²) in [5.41, 5.74) is 1.03. The summed E-state index contributed by atoms with van der Waals surface area (Å²) < 4.78 is 79.4. The van der Waals surface area contributed by atoms with Gasteiger partial charge in [0.05, 0.1) is 28.4 Å². The average molecular weight is 642 g/mol. The fourth-order valence-electron chi connectivity index (χ4n) is 4.38. The number of esters is 2. The third-order valence-corrected chi connectivity index (χ3v) is 7.02. The SMILES string of the molecule is C#CCN(Cc1cc2c(=O)n(COC(=O)C(C)(C)C)c(C)nc2cc1C)c1ccc(C(=O)Oc2c(F)c(F)c(F)c(F)c2F)cc1. The Morgan fingerprint density at radius 2 is 1.54 bits per heavy atom. The molecule has 1 heterocycles. The zero-order valence-electron chi connectivity index (χ0n) is 25.4. The number of halogens is 5. The van der Waals surface area contributed by atoms with Gasteiger partial charge in [-0.15, -0.1) is 6.42 Å². The van der Waals surface area contributed by atoms with Crippen LogP contribution in [0.25, 0.3) is 10.9 Å². The number of nitrogens with zero attached hydrogens (tertiary/aromatic N) is 3. The third kappa shape index (κ3) is 6.71. The molecule has 0 aliphatic carbocycles. The number of carbonyl (C=O) groups is 2. The van der Waals surface area contributed by atoms with Gasteiger partial charge in [0, 0.05) is 12.2 Å². The molecule has 13 heteroatoms. The van der Waals surface area contributed by atoms with Gasteiger partial charge in [-0.2, -0.15) is 8.78 Å². The summed E-state index contributed by atoms with van der Waals surface area (Å²) in [6.45, 7) is 8.52. The van der Waals surface area contributed by atoms with Gasteiger partial charge in [0.2, 0.25) is 34.8 Å². The molecule has 0 radical (unpaired) electrons. The molecule has 0 saturated carbocycles. The number of carbonyl (C=O) groups excluding carboxylic acids is 2. The maximum absolute atomic E-state index is 14.0. The largest absolute Gasteiger partial charge is 0.443 e. The Hall–Kier alpha value is -5.25. The first-order valence-electron chi connectivity index (χ1n) is 13.7. The molecule has 240 valence electrons. The van der Waals surface area contributed by atoms with Crippen molar-refractivity contribution >= 4 is 28.5 Å². The van der Waals surface area contributed by atoms with E-state index in [0.29, 0.717) is 22.6 Å². The van der Waals surface area contributed by atoms with Gasteiger partial charge in [-0.05, 0) is 82.1 Å². The van der Waals surface area contributed by atoms with Crippen LogP contribution in [0.15, 0.2) is 41.2 Å². The van der Waals surface area contributed by atoms with Gasteiger partial charge in [0.25, 0.3) is 5.56 Å². The van der Waals surface area contributed by atoms with Gasteiger partial charge in [-0.1, -0.05) is 5.92 Å². The minimum atomic E-state index is -2.38. The Morgan fingerprint density at radius 3 is 2.11 bits per heavy atom. The molecule has 46 heavy (non-hydrogen) atoms. The van der Waals surface area contributed by atoms with Crippen LogP contribution < -0.4 is 15.2 Å². The number of aryl methyl sites for hydroxylation is 2. The Kier molecular flexibility index (Phi) is 9.51. The molecule has 0 aliphatic rings. The number of anilines is 1. The van der Waals surface area contributed by atoms with Crippen LogP contribution in [0.2, 0.25) is 0 Å². The lowest BCUT2D eigenvalue weighted by molar-refractivity contribution is -0.157. The number of aromatic nitrogens is 2. The lowest BCUT2D eigenvalue weighted by Crippen LogP contribution is -2.30. The lowest BCUT2D eigenvalue weighted by Gasteiger charge is -2.24. The van der Waals surface area contributed by atoms with Crippen molar-refractivity contribution in [2.75, 3.05) is 11.4 Å². The monoisotopic (exact) mass is 641 g/mol. The van der Waals surface area contributed by atoms with Gasteiger partial charge in [-0.3, -0.25) is 14.2 Å². The van der Waals surface area contributed by atoms with Crippen LogP contribution in [-0.4, -0.2) is 28.0 Å². The Balaban J connectivity index is 1.60. The van der Waals surface area contributed by atoms with Crippen LogP contribution in [-0.2, 0) is 22.8 Å². The highest BCUT2D eigenvalue weighted by molar-refractivity contribution is 5.91. The van der Waals surface area contributed by atoms with Crippen LogP contribution in [0.5, 0.6) is 5.75 Å². The molecule has 4 rings (SSSR count). The Morgan fingerprint density at radius 1 is 0.957 bits per heavy atom. The minimum Gasteiger partial charge on any atom is -0.443 e. The Labute approximate surface area is 260 Å². The molecule has 0 aliphatic heterocycles. The molecule has 8 nitrogen and oxygen atoms in total. The molecular formula is C33H28F5N3O5. The van der Waals surface area contributed by atoms with Crippen molar-refractivity contribution in [3.63, 3.8) is 0 Å². The van der Waals surface area contributed by atoms with E-state index in [4.69, 9.17) is 11.2 Å². The molecule has 0 N–H and O–H groups in total. The number of rotatable bonds is 8. The van der Waals surface area contributed by atoms with E-state index in [9.17, 15) is 36.3 Å². The van der Waals surface area contributed by atoms with E-state index in [-0.39, 0.29) is 30.8 Å². The molecule has 1 aromatic heterocycles. The predicted octanol–water partition coefficient (Wildman–Crippen LogP) is 6.11. The third-order valence-electron chi connectivity index (χ3n) is 7.02. The average Bonchev–Trinajstić information content (AvgIpc) is 3.00. The summed E-state index contributed by atoms with van der Waals surface area (Å²) in [6, 6.07) is 8.77. The number of benzene rings is 3.